The standard InChI is InChI=1S/C27H26ClNO6/c1-32-21-13-11-16-18(14-20(21)30)19(29-27(31)15-8-6-5-7-9-15)12-10-17-22(16)24(33-2)26(35-4)25(34-3)23(17)28/h5-9,11,13-14,19H,10,12H2,1-4H3,(H,29,31)/t19-/m0/s1. The van der Waals surface area contributed by atoms with Gasteiger partial charge in [-0.1, -0.05) is 35.9 Å². The molecule has 0 aromatic heterocycles. The third kappa shape index (κ3) is 4.39. The summed E-state index contributed by atoms with van der Waals surface area (Å²) in [6.45, 7) is 0. The van der Waals surface area contributed by atoms with Gasteiger partial charge in [0.05, 0.1) is 39.5 Å². The molecule has 0 radical (unpaired) electrons. The van der Waals surface area contributed by atoms with Crippen molar-refractivity contribution < 1.29 is 23.7 Å². The van der Waals surface area contributed by atoms with Crippen molar-refractivity contribution in [1.29, 1.82) is 0 Å². The fourth-order valence-electron chi connectivity index (χ4n) is 4.52. The largest absolute Gasteiger partial charge is 0.493 e. The SMILES string of the molecule is COc1c(Cl)c2c(c(OC)c1OC)-c1ccc(OC)c(=O)cc1[C@@H](NC(=O)c1ccccc1)CC2. The minimum absolute atomic E-state index is 0.179. The molecule has 7 nitrogen and oxygen atoms in total. The average molecular weight is 496 g/mol. The van der Waals surface area contributed by atoms with E-state index in [9.17, 15) is 9.59 Å². The molecule has 0 aliphatic heterocycles. The van der Waals surface area contributed by atoms with Crippen molar-refractivity contribution in [1.82, 2.24) is 5.32 Å². The first kappa shape index (κ1) is 24.4. The zero-order chi connectivity index (χ0) is 25.1. The molecule has 35 heavy (non-hydrogen) atoms. The summed E-state index contributed by atoms with van der Waals surface area (Å²) < 4.78 is 22.2. The van der Waals surface area contributed by atoms with Crippen LogP contribution in [0.25, 0.3) is 11.1 Å². The quantitative estimate of drug-likeness (QED) is 0.528. The summed E-state index contributed by atoms with van der Waals surface area (Å²) in [5, 5.41) is 3.48. The van der Waals surface area contributed by atoms with E-state index in [2.05, 4.69) is 5.32 Å². The molecule has 0 bridgehead atoms. The van der Waals surface area contributed by atoms with Crippen LogP contribution < -0.4 is 29.7 Å². The predicted octanol–water partition coefficient (Wildman–Crippen LogP) is 4.82. The number of hydrogen-bond donors (Lipinski definition) is 1. The Kier molecular flexibility index (Phi) is 7.17. The lowest BCUT2D eigenvalue weighted by molar-refractivity contribution is 0.0935. The zero-order valence-electron chi connectivity index (χ0n) is 19.9. The summed E-state index contributed by atoms with van der Waals surface area (Å²) in [6.07, 6.45) is 0.983. The molecule has 0 unspecified atom stereocenters. The molecule has 182 valence electrons. The molecule has 3 aromatic rings. The van der Waals surface area contributed by atoms with Crippen molar-refractivity contribution >= 4 is 17.5 Å². The van der Waals surface area contributed by atoms with Crippen LogP contribution in [0.5, 0.6) is 23.0 Å². The number of amides is 1. The maximum atomic E-state index is 13.1. The van der Waals surface area contributed by atoms with E-state index in [0.29, 0.717) is 57.4 Å². The number of ether oxygens (including phenoxy) is 4. The van der Waals surface area contributed by atoms with Crippen LogP contribution >= 0.6 is 11.6 Å². The van der Waals surface area contributed by atoms with E-state index >= 15 is 0 Å². The summed E-state index contributed by atoms with van der Waals surface area (Å²) in [4.78, 5) is 26.0. The number of halogens is 1. The van der Waals surface area contributed by atoms with E-state index in [0.717, 1.165) is 5.56 Å². The predicted molar refractivity (Wildman–Crippen MR) is 134 cm³/mol. The first-order chi connectivity index (χ1) is 16.9. The molecule has 0 spiro atoms. The number of carbonyl (C=O) groups is 1. The lowest BCUT2D eigenvalue weighted by Gasteiger charge is -2.21. The van der Waals surface area contributed by atoms with E-state index in [1.165, 1.54) is 34.5 Å². The molecule has 3 aromatic carbocycles. The maximum absolute atomic E-state index is 13.1. The number of nitrogens with one attached hydrogen (secondary N) is 1. The summed E-state index contributed by atoms with van der Waals surface area (Å²) >= 11 is 6.82. The van der Waals surface area contributed by atoms with Crippen molar-refractivity contribution in [3.63, 3.8) is 0 Å². The third-order valence-electron chi connectivity index (χ3n) is 6.15. The zero-order valence-corrected chi connectivity index (χ0v) is 20.7. The van der Waals surface area contributed by atoms with E-state index in [1.54, 1.807) is 36.4 Å². The highest BCUT2D eigenvalue weighted by atomic mass is 35.5. The van der Waals surface area contributed by atoms with Gasteiger partial charge in [0.1, 0.15) is 0 Å². The minimum atomic E-state index is -0.479. The molecule has 8 heteroatoms. The van der Waals surface area contributed by atoms with Gasteiger partial charge >= 0.3 is 0 Å². The Bertz CT molecular complexity index is 1330. The molecule has 1 atom stereocenters. The molecule has 1 aliphatic carbocycles. The fraction of sp³-hybridized carbons (Fsp3) is 0.259. The highest BCUT2D eigenvalue weighted by Crippen LogP contribution is 2.54. The normalized spacial score (nSPS) is 14.1. The summed E-state index contributed by atoms with van der Waals surface area (Å²) in [6, 6.07) is 13.3. The summed E-state index contributed by atoms with van der Waals surface area (Å²) in [5.74, 6) is 1.07. The first-order valence-corrected chi connectivity index (χ1v) is 11.4. The Morgan fingerprint density at radius 2 is 1.60 bits per heavy atom. The van der Waals surface area contributed by atoms with Crippen molar-refractivity contribution in [2.45, 2.75) is 18.9 Å². The second-order valence-electron chi connectivity index (χ2n) is 7.98. The van der Waals surface area contributed by atoms with Gasteiger partial charge in [-0.15, -0.1) is 0 Å². The first-order valence-electron chi connectivity index (χ1n) is 11.0. The molecular weight excluding hydrogens is 470 g/mol. The van der Waals surface area contributed by atoms with Gasteiger partial charge in [0, 0.05) is 11.1 Å². The fourth-order valence-corrected chi connectivity index (χ4v) is 4.87. The van der Waals surface area contributed by atoms with E-state index < -0.39 is 6.04 Å². The average Bonchev–Trinajstić information content (AvgIpc) is 3.13. The highest BCUT2D eigenvalue weighted by molar-refractivity contribution is 6.34. The summed E-state index contributed by atoms with van der Waals surface area (Å²) in [5.41, 5.74) is 2.98. The molecule has 1 aliphatic rings. The Hall–Kier alpha value is -3.71. The van der Waals surface area contributed by atoms with Gasteiger partial charge in [-0.25, -0.2) is 0 Å². The molecule has 1 amide bonds. The highest BCUT2D eigenvalue weighted by Gasteiger charge is 2.32. The van der Waals surface area contributed by atoms with Crippen LogP contribution in [0, 0.1) is 0 Å². The topological polar surface area (TPSA) is 83.1 Å². The molecule has 1 N–H and O–H groups in total. The number of rotatable bonds is 6. The molecule has 0 fully saturated rings. The van der Waals surface area contributed by atoms with Gasteiger partial charge in [-0.3, -0.25) is 9.59 Å². The van der Waals surface area contributed by atoms with Gasteiger partial charge in [0.25, 0.3) is 5.91 Å². The maximum Gasteiger partial charge on any atom is 0.251 e. The van der Waals surface area contributed by atoms with E-state index in [4.69, 9.17) is 30.5 Å². The third-order valence-corrected chi connectivity index (χ3v) is 6.55. The van der Waals surface area contributed by atoms with Crippen LogP contribution in [0.2, 0.25) is 5.02 Å². The molecule has 0 saturated heterocycles. The van der Waals surface area contributed by atoms with Gasteiger partial charge in [-0.2, -0.15) is 0 Å². The molecular formula is C27H26ClNO6. The van der Waals surface area contributed by atoms with Crippen LogP contribution in [0.3, 0.4) is 0 Å². The monoisotopic (exact) mass is 495 g/mol. The summed E-state index contributed by atoms with van der Waals surface area (Å²) in [7, 11) is 5.99. The van der Waals surface area contributed by atoms with Gasteiger partial charge in [0.15, 0.2) is 17.2 Å². The van der Waals surface area contributed by atoms with Crippen molar-refractivity contribution in [2.24, 2.45) is 0 Å². The van der Waals surface area contributed by atoms with Crippen LogP contribution in [0.15, 0.2) is 53.3 Å². The van der Waals surface area contributed by atoms with Crippen LogP contribution in [0.1, 0.15) is 33.9 Å². The second kappa shape index (κ2) is 10.3. The smallest absolute Gasteiger partial charge is 0.251 e. The van der Waals surface area contributed by atoms with E-state index in [1.807, 2.05) is 6.07 Å². The van der Waals surface area contributed by atoms with E-state index in [-0.39, 0.29) is 17.1 Å². The van der Waals surface area contributed by atoms with Crippen molar-refractivity contribution in [2.75, 3.05) is 28.4 Å². The van der Waals surface area contributed by atoms with Gasteiger partial charge in [0.2, 0.25) is 11.2 Å². The van der Waals surface area contributed by atoms with Crippen LogP contribution in [-0.4, -0.2) is 34.3 Å². The lowest BCUT2D eigenvalue weighted by Crippen LogP contribution is -2.29. The van der Waals surface area contributed by atoms with Crippen LogP contribution in [0.4, 0.5) is 0 Å². The Balaban J connectivity index is 1.99. The number of hydrogen-bond acceptors (Lipinski definition) is 6. The van der Waals surface area contributed by atoms with Crippen molar-refractivity contribution in [3.8, 4) is 34.1 Å². The number of fused-ring (bicyclic) bond motifs is 3. The van der Waals surface area contributed by atoms with Gasteiger partial charge < -0.3 is 24.3 Å². The molecule has 4 rings (SSSR count). The van der Waals surface area contributed by atoms with Gasteiger partial charge in [-0.05, 0) is 53.8 Å². The Morgan fingerprint density at radius 3 is 2.23 bits per heavy atom. The second-order valence-corrected chi connectivity index (χ2v) is 8.36. The van der Waals surface area contributed by atoms with Crippen molar-refractivity contribution in [3.05, 3.63) is 80.5 Å². The lowest BCUT2D eigenvalue weighted by atomic mass is 9.95. The minimum Gasteiger partial charge on any atom is -0.493 e. The Labute approximate surface area is 208 Å². The molecule has 0 saturated carbocycles. The number of benzene rings is 2. The molecule has 0 heterocycles. The number of methoxy groups -OCH3 is 4. The van der Waals surface area contributed by atoms with Crippen LogP contribution in [-0.2, 0) is 6.42 Å². The Morgan fingerprint density at radius 1 is 0.914 bits per heavy atom. The number of carbonyl (C=O) groups excluding carboxylic acids is 1.